The molecule has 0 atom stereocenters. The van der Waals surface area contributed by atoms with Gasteiger partial charge in [-0.1, -0.05) is 0 Å². The van der Waals surface area contributed by atoms with Gasteiger partial charge in [0.1, 0.15) is 0 Å². The maximum atomic E-state index is 11.3. The van der Waals surface area contributed by atoms with Crippen LogP contribution in [0.25, 0.3) is 0 Å². The number of carboxylic acid groups (broad SMARTS) is 1. The summed E-state index contributed by atoms with van der Waals surface area (Å²) < 4.78 is 0. The number of nitrogens with one attached hydrogen (secondary N) is 2. The van der Waals surface area contributed by atoms with Crippen LogP contribution in [0, 0.1) is 0 Å². The van der Waals surface area contributed by atoms with E-state index >= 15 is 0 Å². The van der Waals surface area contributed by atoms with E-state index in [1.807, 2.05) is 13.8 Å². The fourth-order valence-electron chi connectivity index (χ4n) is 1.33. The van der Waals surface area contributed by atoms with Crippen LogP contribution in [-0.2, 0) is 11.3 Å². The summed E-state index contributed by atoms with van der Waals surface area (Å²) in [6.45, 7) is 4.42. The molecule has 98 valence electrons. The van der Waals surface area contributed by atoms with E-state index in [0.717, 1.165) is 0 Å². The summed E-state index contributed by atoms with van der Waals surface area (Å²) in [7, 11) is 0. The number of nitrogens with zero attached hydrogens (tertiary/aromatic N) is 1. The highest BCUT2D eigenvalue weighted by molar-refractivity contribution is 5.87. The number of carboxylic acids is 1. The number of amides is 1. The van der Waals surface area contributed by atoms with Crippen LogP contribution in [0.3, 0.4) is 0 Å². The van der Waals surface area contributed by atoms with E-state index in [0.29, 0.717) is 12.2 Å². The molecule has 0 saturated carbocycles. The highest BCUT2D eigenvalue weighted by atomic mass is 16.4. The van der Waals surface area contributed by atoms with E-state index in [1.54, 1.807) is 6.07 Å². The van der Waals surface area contributed by atoms with E-state index in [1.165, 1.54) is 12.3 Å². The summed E-state index contributed by atoms with van der Waals surface area (Å²) >= 11 is 0. The van der Waals surface area contributed by atoms with Crippen molar-refractivity contribution in [2.45, 2.75) is 26.4 Å². The van der Waals surface area contributed by atoms with E-state index in [9.17, 15) is 9.59 Å². The normalized spacial score (nSPS) is 10.4. The third-order valence-electron chi connectivity index (χ3n) is 2.11. The molecule has 6 nitrogen and oxygen atoms in total. The highest BCUT2D eigenvalue weighted by Gasteiger charge is 2.04. The molecule has 0 bridgehead atoms. The lowest BCUT2D eigenvalue weighted by atomic mass is 10.2. The molecule has 1 aromatic rings. The molecule has 18 heavy (non-hydrogen) atoms. The standard InChI is InChI=1S/C12H17N3O3/c1-8(2)15-11(16)7-13-6-10-4-3-9(5-14-10)12(17)18/h3-5,8,13H,6-7H2,1-2H3,(H,15,16)(H,17,18). The van der Waals surface area contributed by atoms with Crippen LogP contribution in [0.1, 0.15) is 29.9 Å². The van der Waals surface area contributed by atoms with Crippen LogP contribution in [0.4, 0.5) is 0 Å². The lowest BCUT2D eigenvalue weighted by Gasteiger charge is -2.08. The quantitative estimate of drug-likeness (QED) is 0.680. The molecule has 0 aliphatic rings. The first-order chi connectivity index (χ1) is 8.49. The summed E-state index contributed by atoms with van der Waals surface area (Å²) in [4.78, 5) is 25.9. The van der Waals surface area contributed by atoms with Crippen LogP contribution < -0.4 is 10.6 Å². The van der Waals surface area contributed by atoms with Gasteiger partial charge in [0, 0.05) is 18.8 Å². The lowest BCUT2D eigenvalue weighted by molar-refractivity contribution is -0.120. The Kier molecular flexibility index (Phi) is 5.26. The number of aromatic carboxylic acids is 1. The molecule has 1 amide bonds. The first-order valence-electron chi connectivity index (χ1n) is 5.67. The molecule has 0 aromatic carbocycles. The Morgan fingerprint density at radius 1 is 1.39 bits per heavy atom. The van der Waals surface area contributed by atoms with Gasteiger partial charge in [0.15, 0.2) is 0 Å². The number of carbonyl (C=O) groups excluding carboxylic acids is 1. The molecule has 0 fully saturated rings. The average molecular weight is 251 g/mol. The molecule has 0 unspecified atom stereocenters. The molecule has 0 aliphatic carbocycles. The van der Waals surface area contributed by atoms with Gasteiger partial charge in [0.2, 0.25) is 5.91 Å². The fraction of sp³-hybridized carbons (Fsp3) is 0.417. The second-order valence-electron chi connectivity index (χ2n) is 4.17. The monoisotopic (exact) mass is 251 g/mol. The maximum absolute atomic E-state index is 11.3. The van der Waals surface area contributed by atoms with Crippen LogP contribution in [0.15, 0.2) is 18.3 Å². The summed E-state index contributed by atoms with van der Waals surface area (Å²) in [5, 5.41) is 14.4. The molecule has 0 spiro atoms. The van der Waals surface area contributed by atoms with Crippen LogP contribution in [-0.4, -0.2) is 34.6 Å². The largest absolute Gasteiger partial charge is 0.478 e. The Balaban J connectivity index is 2.35. The molecule has 1 rings (SSSR count). The zero-order valence-corrected chi connectivity index (χ0v) is 10.4. The van der Waals surface area contributed by atoms with Gasteiger partial charge >= 0.3 is 5.97 Å². The third kappa shape index (κ3) is 4.92. The van der Waals surface area contributed by atoms with Gasteiger partial charge in [-0.25, -0.2) is 4.79 Å². The van der Waals surface area contributed by atoms with Crippen LogP contribution in [0.2, 0.25) is 0 Å². The average Bonchev–Trinajstić information content (AvgIpc) is 2.28. The van der Waals surface area contributed by atoms with Crippen LogP contribution in [0.5, 0.6) is 0 Å². The van der Waals surface area contributed by atoms with Crippen molar-refractivity contribution >= 4 is 11.9 Å². The number of pyridine rings is 1. The van der Waals surface area contributed by atoms with Crippen molar-refractivity contribution in [3.05, 3.63) is 29.6 Å². The molecule has 0 aliphatic heterocycles. The molecule has 6 heteroatoms. The van der Waals surface area contributed by atoms with Crippen LogP contribution >= 0.6 is 0 Å². The van der Waals surface area contributed by atoms with Crippen molar-refractivity contribution in [1.82, 2.24) is 15.6 Å². The molecule has 0 saturated heterocycles. The molecular weight excluding hydrogens is 234 g/mol. The molecule has 1 aromatic heterocycles. The minimum Gasteiger partial charge on any atom is -0.478 e. The van der Waals surface area contributed by atoms with Crippen molar-refractivity contribution in [3.63, 3.8) is 0 Å². The Labute approximate surface area is 105 Å². The van der Waals surface area contributed by atoms with E-state index < -0.39 is 5.97 Å². The second-order valence-corrected chi connectivity index (χ2v) is 4.17. The number of hydrogen-bond acceptors (Lipinski definition) is 4. The minimum absolute atomic E-state index is 0.0767. The Hall–Kier alpha value is -1.95. The highest BCUT2D eigenvalue weighted by Crippen LogP contribution is 1.99. The summed E-state index contributed by atoms with van der Waals surface area (Å²) in [5.74, 6) is -1.08. The van der Waals surface area contributed by atoms with Gasteiger partial charge in [-0.05, 0) is 26.0 Å². The number of rotatable bonds is 6. The first-order valence-corrected chi connectivity index (χ1v) is 5.67. The topological polar surface area (TPSA) is 91.3 Å². The Morgan fingerprint density at radius 2 is 2.11 bits per heavy atom. The van der Waals surface area contributed by atoms with E-state index in [-0.39, 0.29) is 24.1 Å². The van der Waals surface area contributed by atoms with E-state index in [2.05, 4.69) is 15.6 Å². The SMILES string of the molecule is CC(C)NC(=O)CNCc1ccc(C(=O)O)cn1. The fourth-order valence-corrected chi connectivity index (χ4v) is 1.33. The molecule has 3 N–H and O–H groups in total. The number of aromatic nitrogens is 1. The smallest absolute Gasteiger partial charge is 0.337 e. The zero-order valence-electron chi connectivity index (χ0n) is 10.4. The lowest BCUT2D eigenvalue weighted by Crippen LogP contribution is -2.37. The minimum atomic E-state index is -1.00. The Bertz CT molecular complexity index is 415. The second kappa shape index (κ2) is 6.70. The first kappa shape index (κ1) is 14.1. The van der Waals surface area contributed by atoms with Crippen molar-refractivity contribution < 1.29 is 14.7 Å². The molecular formula is C12H17N3O3. The maximum Gasteiger partial charge on any atom is 0.337 e. The van der Waals surface area contributed by atoms with Crippen molar-refractivity contribution in [2.75, 3.05) is 6.54 Å². The summed E-state index contributed by atoms with van der Waals surface area (Å²) in [6.07, 6.45) is 1.30. The zero-order chi connectivity index (χ0) is 13.5. The molecule has 0 radical (unpaired) electrons. The summed E-state index contributed by atoms with van der Waals surface area (Å²) in [5.41, 5.74) is 0.841. The van der Waals surface area contributed by atoms with Crippen molar-refractivity contribution in [3.8, 4) is 0 Å². The van der Waals surface area contributed by atoms with Gasteiger partial charge in [-0.3, -0.25) is 9.78 Å². The van der Waals surface area contributed by atoms with Crippen molar-refractivity contribution in [1.29, 1.82) is 0 Å². The summed E-state index contributed by atoms with van der Waals surface area (Å²) in [6, 6.07) is 3.23. The number of carbonyl (C=O) groups is 2. The van der Waals surface area contributed by atoms with E-state index in [4.69, 9.17) is 5.11 Å². The predicted octanol–water partition coefficient (Wildman–Crippen LogP) is 0.394. The van der Waals surface area contributed by atoms with Crippen molar-refractivity contribution in [2.24, 2.45) is 0 Å². The van der Waals surface area contributed by atoms with Gasteiger partial charge < -0.3 is 15.7 Å². The molecule has 1 heterocycles. The Morgan fingerprint density at radius 3 is 2.61 bits per heavy atom. The number of hydrogen-bond donors (Lipinski definition) is 3. The van der Waals surface area contributed by atoms with Gasteiger partial charge in [-0.15, -0.1) is 0 Å². The van der Waals surface area contributed by atoms with Gasteiger partial charge in [0.05, 0.1) is 17.8 Å². The third-order valence-corrected chi connectivity index (χ3v) is 2.11. The van der Waals surface area contributed by atoms with Gasteiger partial charge in [0.25, 0.3) is 0 Å². The van der Waals surface area contributed by atoms with Gasteiger partial charge in [-0.2, -0.15) is 0 Å². The predicted molar refractivity (Wildman–Crippen MR) is 66.2 cm³/mol.